The summed E-state index contributed by atoms with van der Waals surface area (Å²) in [6, 6.07) is 0.0139. The van der Waals surface area contributed by atoms with Gasteiger partial charge in [0, 0.05) is 6.04 Å². The second kappa shape index (κ2) is 4.67. The maximum absolute atomic E-state index is 12.4. The maximum atomic E-state index is 12.4. The van der Waals surface area contributed by atoms with Gasteiger partial charge in [0.15, 0.2) is 0 Å². The number of rotatable bonds is 5. The molecule has 0 aliphatic heterocycles. The molecule has 0 aromatic carbocycles. The number of alkyl halides is 4. The summed E-state index contributed by atoms with van der Waals surface area (Å²) in [7, 11) is 0. The van der Waals surface area contributed by atoms with Crippen LogP contribution in [0, 0.1) is 0 Å². The minimum absolute atomic E-state index is 0.0139. The average Bonchev–Trinajstić information content (AvgIpc) is 2.97. The van der Waals surface area contributed by atoms with E-state index in [2.05, 4.69) is 5.32 Å². The van der Waals surface area contributed by atoms with Crippen LogP contribution in [0.1, 0.15) is 12.8 Å². The Bertz CT molecular complexity index is 292. The van der Waals surface area contributed by atoms with Gasteiger partial charge in [0.1, 0.15) is 0 Å². The predicted octanol–water partition coefficient (Wildman–Crippen LogP) is 0.282. The number of amides is 2. The lowest BCUT2D eigenvalue weighted by Crippen LogP contribution is -2.48. The summed E-state index contributed by atoms with van der Waals surface area (Å²) in [6.45, 7) is -0.725. The largest absolute Gasteiger partial charge is 0.383 e. The molecule has 0 aromatic rings. The summed E-state index contributed by atoms with van der Waals surface area (Å²) in [5.41, 5.74) is 0. The lowest BCUT2D eigenvalue weighted by molar-refractivity contribution is -0.169. The predicted molar refractivity (Wildman–Crippen MR) is 45.1 cm³/mol. The molecule has 0 atom stereocenters. The fraction of sp³-hybridized carbons (Fsp3) is 0.750. The summed E-state index contributed by atoms with van der Waals surface area (Å²) in [5.74, 6) is -7.57. The average molecular weight is 242 g/mol. The Morgan fingerprint density at radius 1 is 1.31 bits per heavy atom. The molecule has 4 nitrogen and oxygen atoms in total. The van der Waals surface area contributed by atoms with Crippen molar-refractivity contribution in [1.29, 1.82) is 0 Å². The highest BCUT2D eigenvalue weighted by Gasteiger charge is 2.48. The minimum atomic E-state index is -4.76. The van der Waals surface area contributed by atoms with Crippen LogP contribution in [0.3, 0.4) is 0 Å². The van der Waals surface area contributed by atoms with Gasteiger partial charge in [-0.2, -0.15) is 8.78 Å². The summed E-state index contributed by atoms with van der Waals surface area (Å²) in [4.78, 5) is 21.5. The molecule has 0 radical (unpaired) electrons. The zero-order valence-electron chi connectivity index (χ0n) is 8.10. The van der Waals surface area contributed by atoms with Crippen molar-refractivity contribution in [3.63, 3.8) is 0 Å². The molecule has 2 amide bonds. The van der Waals surface area contributed by atoms with E-state index in [1.54, 1.807) is 0 Å². The van der Waals surface area contributed by atoms with Crippen molar-refractivity contribution >= 4 is 11.8 Å². The van der Waals surface area contributed by atoms with Gasteiger partial charge in [-0.25, -0.2) is 8.78 Å². The van der Waals surface area contributed by atoms with E-state index in [0.29, 0.717) is 0 Å². The normalized spacial score (nSPS) is 16.1. The first-order chi connectivity index (χ1) is 7.34. The van der Waals surface area contributed by atoms with E-state index in [1.807, 2.05) is 0 Å². The van der Waals surface area contributed by atoms with Crippen molar-refractivity contribution in [3.8, 4) is 0 Å². The summed E-state index contributed by atoms with van der Waals surface area (Å²) < 4.78 is 48.1. The van der Waals surface area contributed by atoms with Crippen molar-refractivity contribution in [2.24, 2.45) is 0 Å². The molecule has 16 heavy (non-hydrogen) atoms. The molecule has 1 fully saturated rings. The molecule has 0 aromatic heterocycles. The topological polar surface area (TPSA) is 58.2 Å². The number of halogens is 4. The quantitative estimate of drug-likeness (QED) is 0.680. The summed E-state index contributed by atoms with van der Waals surface area (Å²) in [6.07, 6.45) is -2.49. The van der Waals surface area contributed by atoms with Gasteiger partial charge in [-0.1, -0.05) is 0 Å². The Labute approximate surface area is 88.4 Å². The van der Waals surface area contributed by atoms with Gasteiger partial charge in [-0.3, -0.25) is 9.59 Å². The van der Waals surface area contributed by atoms with E-state index in [0.717, 1.165) is 12.8 Å². The van der Waals surface area contributed by atoms with Crippen LogP contribution in [0.4, 0.5) is 17.6 Å². The Kier molecular flexibility index (Phi) is 3.71. The van der Waals surface area contributed by atoms with Crippen molar-refractivity contribution in [1.82, 2.24) is 10.6 Å². The van der Waals surface area contributed by atoms with Crippen LogP contribution in [0.25, 0.3) is 0 Å². The highest BCUT2D eigenvalue weighted by molar-refractivity contribution is 5.88. The van der Waals surface area contributed by atoms with Crippen LogP contribution in [0.2, 0.25) is 0 Å². The molecule has 1 aliphatic rings. The van der Waals surface area contributed by atoms with E-state index in [-0.39, 0.29) is 6.04 Å². The van der Waals surface area contributed by atoms with Gasteiger partial charge in [-0.05, 0) is 12.8 Å². The zero-order chi connectivity index (χ0) is 12.3. The van der Waals surface area contributed by atoms with Crippen LogP contribution in [-0.4, -0.2) is 36.7 Å². The van der Waals surface area contributed by atoms with Crippen LogP contribution >= 0.6 is 0 Å². The van der Waals surface area contributed by atoms with Crippen molar-refractivity contribution in [3.05, 3.63) is 0 Å². The lowest BCUT2D eigenvalue weighted by atomic mass is 10.3. The number of hydrogen-bond acceptors (Lipinski definition) is 2. The van der Waals surface area contributed by atoms with Crippen molar-refractivity contribution in [2.45, 2.75) is 31.2 Å². The van der Waals surface area contributed by atoms with Gasteiger partial charge < -0.3 is 10.6 Å². The van der Waals surface area contributed by atoms with Gasteiger partial charge in [0.2, 0.25) is 5.91 Å². The zero-order valence-corrected chi connectivity index (χ0v) is 8.10. The van der Waals surface area contributed by atoms with E-state index >= 15 is 0 Å². The first-order valence-electron chi connectivity index (χ1n) is 4.57. The monoisotopic (exact) mass is 242 g/mol. The van der Waals surface area contributed by atoms with Gasteiger partial charge in [0.05, 0.1) is 6.54 Å². The molecule has 0 unspecified atom stereocenters. The second-order valence-corrected chi connectivity index (χ2v) is 3.45. The molecule has 1 rings (SSSR count). The van der Waals surface area contributed by atoms with Crippen LogP contribution < -0.4 is 10.6 Å². The van der Waals surface area contributed by atoms with Gasteiger partial charge >= 0.3 is 12.3 Å². The van der Waals surface area contributed by atoms with Gasteiger partial charge in [-0.15, -0.1) is 0 Å². The molecule has 0 saturated heterocycles. The molecule has 2 N–H and O–H groups in total. The van der Waals surface area contributed by atoms with Gasteiger partial charge in [0.25, 0.3) is 5.91 Å². The minimum Gasteiger partial charge on any atom is -0.352 e. The summed E-state index contributed by atoms with van der Waals surface area (Å²) >= 11 is 0. The van der Waals surface area contributed by atoms with E-state index in [1.165, 1.54) is 5.32 Å². The second-order valence-electron chi connectivity index (χ2n) is 3.45. The molecule has 1 aliphatic carbocycles. The Hall–Kier alpha value is -1.34. The van der Waals surface area contributed by atoms with Crippen molar-refractivity contribution < 1.29 is 27.2 Å². The first-order valence-corrected chi connectivity index (χ1v) is 4.57. The molecule has 0 heterocycles. The van der Waals surface area contributed by atoms with E-state index in [9.17, 15) is 27.2 Å². The first kappa shape index (κ1) is 12.7. The third-order valence-electron chi connectivity index (χ3n) is 1.93. The standard InChI is InChI=1S/C8H10F4N2O2/c9-6(10)8(11,12)7(16)13-3-5(15)14-4-1-2-4/h4,6H,1-3H2,(H,13,16)(H,14,15). The lowest BCUT2D eigenvalue weighted by Gasteiger charge is -2.14. The molecule has 8 heteroatoms. The summed E-state index contributed by atoms with van der Waals surface area (Å²) in [5, 5.41) is 3.86. The SMILES string of the molecule is O=C(CNC(=O)C(F)(F)C(F)F)NC1CC1. The van der Waals surface area contributed by atoms with E-state index < -0.39 is 30.7 Å². The molecular weight excluding hydrogens is 232 g/mol. The smallest absolute Gasteiger partial charge is 0.352 e. The molecule has 1 saturated carbocycles. The maximum Gasteiger partial charge on any atom is 0.383 e. The van der Waals surface area contributed by atoms with Crippen LogP contribution in [0.5, 0.6) is 0 Å². The highest BCUT2D eigenvalue weighted by Crippen LogP contribution is 2.22. The molecule has 0 spiro atoms. The van der Waals surface area contributed by atoms with Crippen LogP contribution in [0.15, 0.2) is 0 Å². The third-order valence-corrected chi connectivity index (χ3v) is 1.93. The molecular formula is C8H10F4N2O2. The number of nitrogens with one attached hydrogen (secondary N) is 2. The third kappa shape index (κ3) is 3.35. The molecule has 92 valence electrons. The van der Waals surface area contributed by atoms with Crippen molar-refractivity contribution in [2.75, 3.05) is 6.54 Å². The Balaban J connectivity index is 2.30. The number of carbonyl (C=O) groups excluding carboxylic acids is 2. The Morgan fingerprint density at radius 2 is 1.88 bits per heavy atom. The highest BCUT2D eigenvalue weighted by atomic mass is 19.3. The molecule has 0 bridgehead atoms. The number of hydrogen-bond donors (Lipinski definition) is 2. The Morgan fingerprint density at radius 3 is 2.31 bits per heavy atom. The number of carbonyl (C=O) groups is 2. The van der Waals surface area contributed by atoms with E-state index in [4.69, 9.17) is 0 Å². The van der Waals surface area contributed by atoms with Crippen LogP contribution in [-0.2, 0) is 9.59 Å². The fourth-order valence-electron chi connectivity index (χ4n) is 0.884. The fourth-order valence-corrected chi connectivity index (χ4v) is 0.884.